The highest BCUT2D eigenvalue weighted by molar-refractivity contribution is 7.16. The number of rotatable bonds is 4. The standard InChI is InChI=1S/C14H10FN3O2S/c15-10-3-1-2-4-11(10)18-12(19)7-20-13-9-5-6-21-14(9)17-8-16-13/h1-6,8H,7H2,(H,18,19). The van der Waals surface area contributed by atoms with E-state index in [-0.39, 0.29) is 12.3 Å². The van der Waals surface area contributed by atoms with Gasteiger partial charge in [0, 0.05) is 0 Å². The topological polar surface area (TPSA) is 64.1 Å². The minimum absolute atomic E-state index is 0.120. The van der Waals surface area contributed by atoms with Gasteiger partial charge >= 0.3 is 0 Å². The number of fused-ring (bicyclic) bond motifs is 1. The monoisotopic (exact) mass is 303 g/mol. The van der Waals surface area contributed by atoms with Gasteiger partial charge in [-0.05, 0) is 23.6 Å². The molecule has 0 aliphatic rings. The van der Waals surface area contributed by atoms with Crippen molar-refractivity contribution in [1.82, 2.24) is 9.97 Å². The molecule has 0 saturated carbocycles. The molecule has 0 aliphatic carbocycles. The first kappa shape index (κ1) is 13.4. The summed E-state index contributed by atoms with van der Waals surface area (Å²) in [5.74, 6) is -0.611. The number of hydrogen-bond donors (Lipinski definition) is 1. The van der Waals surface area contributed by atoms with Gasteiger partial charge in [0.1, 0.15) is 17.0 Å². The van der Waals surface area contributed by atoms with Crippen LogP contribution < -0.4 is 10.1 Å². The van der Waals surface area contributed by atoms with E-state index in [9.17, 15) is 9.18 Å². The van der Waals surface area contributed by atoms with Gasteiger partial charge in [0.15, 0.2) is 6.61 Å². The van der Waals surface area contributed by atoms with Crippen LogP contribution in [0.15, 0.2) is 42.0 Å². The lowest BCUT2D eigenvalue weighted by molar-refractivity contribution is -0.118. The second kappa shape index (κ2) is 5.84. The summed E-state index contributed by atoms with van der Waals surface area (Å²) in [6.45, 7) is -0.254. The maximum absolute atomic E-state index is 13.4. The Kier molecular flexibility index (Phi) is 3.74. The van der Waals surface area contributed by atoms with Gasteiger partial charge in [-0.3, -0.25) is 4.79 Å². The normalized spacial score (nSPS) is 10.5. The third kappa shape index (κ3) is 2.97. The van der Waals surface area contributed by atoms with Crippen molar-refractivity contribution >= 4 is 33.1 Å². The highest BCUT2D eigenvalue weighted by Gasteiger charge is 2.10. The molecule has 0 fully saturated rings. The SMILES string of the molecule is O=C(COc1ncnc2sccc12)Nc1ccccc1F. The second-order valence-corrected chi connectivity index (χ2v) is 5.03. The van der Waals surface area contributed by atoms with E-state index in [2.05, 4.69) is 15.3 Å². The van der Waals surface area contributed by atoms with Gasteiger partial charge in [-0.1, -0.05) is 12.1 Å². The Morgan fingerprint density at radius 1 is 1.29 bits per heavy atom. The molecule has 0 radical (unpaired) electrons. The highest BCUT2D eigenvalue weighted by Crippen LogP contribution is 2.25. The van der Waals surface area contributed by atoms with E-state index < -0.39 is 11.7 Å². The fourth-order valence-corrected chi connectivity index (χ4v) is 2.49. The van der Waals surface area contributed by atoms with Crippen molar-refractivity contribution in [3.05, 3.63) is 47.9 Å². The number of carbonyl (C=O) groups excluding carboxylic acids is 1. The first-order chi connectivity index (χ1) is 10.2. The molecule has 2 heterocycles. The molecule has 106 valence electrons. The highest BCUT2D eigenvalue weighted by atomic mass is 32.1. The average Bonchev–Trinajstić information content (AvgIpc) is 2.96. The molecule has 3 aromatic rings. The largest absolute Gasteiger partial charge is 0.467 e. The number of benzene rings is 1. The number of nitrogens with one attached hydrogen (secondary N) is 1. The summed E-state index contributed by atoms with van der Waals surface area (Å²) in [4.78, 5) is 20.6. The van der Waals surface area contributed by atoms with Crippen LogP contribution in [0.25, 0.3) is 10.2 Å². The molecule has 0 bridgehead atoms. The molecule has 0 unspecified atom stereocenters. The van der Waals surface area contributed by atoms with Crippen LogP contribution in [0.3, 0.4) is 0 Å². The van der Waals surface area contributed by atoms with E-state index in [1.54, 1.807) is 12.1 Å². The Morgan fingerprint density at radius 2 is 2.14 bits per heavy atom. The van der Waals surface area contributed by atoms with Crippen molar-refractivity contribution < 1.29 is 13.9 Å². The number of thiophene rings is 1. The van der Waals surface area contributed by atoms with Crippen LogP contribution in [0.4, 0.5) is 10.1 Å². The third-order valence-corrected chi connectivity index (χ3v) is 3.53. The first-order valence-electron chi connectivity index (χ1n) is 6.09. The van der Waals surface area contributed by atoms with Crippen molar-refractivity contribution in [2.24, 2.45) is 0 Å². The van der Waals surface area contributed by atoms with E-state index in [0.717, 1.165) is 10.2 Å². The minimum Gasteiger partial charge on any atom is -0.467 e. The Hall–Kier alpha value is -2.54. The Labute approximate surface area is 123 Å². The van der Waals surface area contributed by atoms with Crippen molar-refractivity contribution in [2.45, 2.75) is 0 Å². The minimum atomic E-state index is -0.492. The van der Waals surface area contributed by atoms with Gasteiger partial charge in [-0.2, -0.15) is 0 Å². The average molecular weight is 303 g/mol. The van der Waals surface area contributed by atoms with Crippen LogP contribution >= 0.6 is 11.3 Å². The number of amides is 1. The van der Waals surface area contributed by atoms with Crippen LogP contribution in [0.2, 0.25) is 0 Å². The molecule has 1 aromatic carbocycles. The molecule has 0 atom stereocenters. The Bertz CT molecular complexity index is 790. The predicted octanol–water partition coefficient (Wildman–Crippen LogP) is 2.85. The van der Waals surface area contributed by atoms with Crippen LogP contribution in [-0.2, 0) is 4.79 Å². The summed E-state index contributed by atoms with van der Waals surface area (Å²) in [5, 5.41) is 5.06. The molecule has 7 heteroatoms. The van der Waals surface area contributed by atoms with E-state index in [1.165, 1.54) is 29.8 Å². The van der Waals surface area contributed by atoms with Crippen molar-refractivity contribution in [3.63, 3.8) is 0 Å². The summed E-state index contributed by atoms with van der Waals surface area (Å²) in [5.41, 5.74) is 0.120. The smallest absolute Gasteiger partial charge is 0.262 e. The molecule has 0 saturated heterocycles. The molecule has 1 N–H and O–H groups in total. The van der Waals surface area contributed by atoms with Gasteiger partial charge in [-0.15, -0.1) is 11.3 Å². The molecular formula is C14H10FN3O2S. The number of carbonyl (C=O) groups is 1. The van der Waals surface area contributed by atoms with E-state index >= 15 is 0 Å². The van der Waals surface area contributed by atoms with E-state index in [0.29, 0.717) is 5.88 Å². The lowest BCUT2D eigenvalue weighted by Crippen LogP contribution is -2.21. The quantitative estimate of drug-likeness (QED) is 0.805. The Balaban J connectivity index is 1.66. The van der Waals surface area contributed by atoms with Crippen molar-refractivity contribution in [3.8, 4) is 5.88 Å². The van der Waals surface area contributed by atoms with E-state index in [4.69, 9.17) is 4.74 Å². The maximum Gasteiger partial charge on any atom is 0.262 e. The molecule has 1 amide bonds. The molecule has 21 heavy (non-hydrogen) atoms. The summed E-state index contributed by atoms with van der Waals surface area (Å²) >= 11 is 1.46. The number of anilines is 1. The number of nitrogens with zero attached hydrogens (tertiary/aromatic N) is 2. The van der Waals surface area contributed by atoms with Gasteiger partial charge in [-0.25, -0.2) is 14.4 Å². The molecule has 3 rings (SSSR count). The number of ether oxygens (including phenoxy) is 1. The first-order valence-corrected chi connectivity index (χ1v) is 6.97. The van der Waals surface area contributed by atoms with Gasteiger partial charge in [0.05, 0.1) is 11.1 Å². The fraction of sp³-hybridized carbons (Fsp3) is 0.0714. The zero-order valence-electron chi connectivity index (χ0n) is 10.7. The predicted molar refractivity (Wildman–Crippen MR) is 77.9 cm³/mol. The lowest BCUT2D eigenvalue weighted by Gasteiger charge is -2.07. The van der Waals surface area contributed by atoms with Gasteiger partial charge in [0.2, 0.25) is 5.88 Å². The summed E-state index contributed by atoms with van der Waals surface area (Å²) in [6, 6.07) is 7.77. The molecule has 0 aliphatic heterocycles. The summed E-state index contributed by atoms with van der Waals surface area (Å²) in [7, 11) is 0. The van der Waals surface area contributed by atoms with Crippen molar-refractivity contribution in [2.75, 3.05) is 11.9 Å². The van der Waals surface area contributed by atoms with Gasteiger partial charge in [0.25, 0.3) is 5.91 Å². The van der Waals surface area contributed by atoms with Crippen LogP contribution in [0, 0.1) is 5.82 Å². The van der Waals surface area contributed by atoms with Crippen LogP contribution in [0.1, 0.15) is 0 Å². The third-order valence-electron chi connectivity index (χ3n) is 2.71. The number of para-hydroxylation sites is 1. The van der Waals surface area contributed by atoms with E-state index in [1.807, 2.05) is 11.4 Å². The molecule has 0 spiro atoms. The Morgan fingerprint density at radius 3 is 3.00 bits per heavy atom. The number of aromatic nitrogens is 2. The van der Waals surface area contributed by atoms with Crippen LogP contribution in [0.5, 0.6) is 5.88 Å². The maximum atomic E-state index is 13.4. The zero-order chi connectivity index (χ0) is 14.7. The molecule has 2 aromatic heterocycles. The van der Waals surface area contributed by atoms with Gasteiger partial charge < -0.3 is 10.1 Å². The zero-order valence-corrected chi connectivity index (χ0v) is 11.6. The number of halogens is 1. The number of hydrogen-bond acceptors (Lipinski definition) is 5. The fourth-order valence-electron chi connectivity index (χ4n) is 1.77. The second-order valence-electron chi connectivity index (χ2n) is 4.13. The van der Waals surface area contributed by atoms with Crippen LogP contribution in [-0.4, -0.2) is 22.5 Å². The van der Waals surface area contributed by atoms with Crippen molar-refractivity contribution in [1.29, 1.82) is 0 Å². The molecular weight excluding hydrogens is 293 g/mol. The molecule has 5 nitrogen and oxygen atoms in total. The lowest BCUT2D eigenvalue weighted by atomic mass is 10.3. The summed E-state index contributed by atoms with van der Waals surface area (Å²) < 4.78 is 18.8. The summed E-state index contributed by atoms with van der Waals surface area (Å²) in [6.07, 6.45) is 1.38.